The average molecular weight is 1140 g/mol. The lowest BCUT2D eigenvalue weighted by Gasteiger charge is -2.15. The summed E-state index contributed by atoms with van der Waals surface area (Å²) in [4.78, 5) is 72.1. The molecule has 0 aliphatic heterocycles. The zero-order chi connectivity index (χ0) is 56.8. The highest BCUT2D eigenvalue weighted by atomic mass is 35.5. The molecule has 3 amide bonds. The predicted octanol–water partition coefficient (Wildman–Crippen LogP) is 13.7. The molecule has 0 atom stereocenters. The molecule has 20 heteroatoms. The van der Waals surface area contributed by atoms with Gasteiger partial charge < -0.3 is 34.9 Å². The fourth-order valence-electron chi connectivity index (χ4n) is 7.17. The van der Waals surface area contributed by atoms with E-state index in [1.807, 2.05) is 0 Å². The lowest BCUT2D eigenvalue weighted by Crippen LogP contribution is -2.24. The molecule has 0 spiro atoms. The normalized spacial score (nSPS) is 13.3. The van der Waals surface area contributed by atoms with Gasteiger partial charge in [-0.1, -0.05) is 59.1 Å². The largest absolute Gasteiger partial charge is 0.493 e. The number of ether oxygens (including phenoxy) is 4. The van der Waals surface area contributed by atoms with Gasteiger partial charge in [0, 0.05) is 87.8 Å². The van der Waals surface area contributed by atoms with Gasteiger partial charge in [0.2, 0.25) is 0 Å². The van der Waals surface area contributed by atoms with Crippen LogP contribution in [-0.2, 0) is 14.4 Å². The summed E-state index contributed by atoms with van der Waals surface area (Å²) in [5.74, 6) is -3.55. The standard InChI is InChI=1S/C20H15ClFNO4.C20H15ClFNO3.C19H12ClF2NO3/c1-26-19-10-13(22)6-8-18(19)27-17-7-5-12(21)9-16(17)20(25)23-14-3-2-4-15(24)11-14;1-12-5-7-16(11-18(12)22)26-19-8-6-13(21)9-17(19)20(25)23-14-3-2-4-15(24)10-14;20-11-4-6-17(26-18-7-5-12(21)9-16(18)22)15(8-11)19(25)23-13-2-1-3-14(24)10-13/h2-3,5-11H,4H2,1H3,(H,23,25);2-3,5-11H,4H2,1H3,(H,23,25);1-2,4-10H,3H2,(H,23,25). The Balaban J connectivity index is 0.000000172. The van der Waals surface area contributed by atoms with Crippen molar-refractivity contribution < 1.29 is 65.3 Å². The maximum absolute atomic E-state index is 13.8. The van der Waals surface area contributed by atoms with Crippen LogP contribution in [0.1, 0.15) is 55.9 Å². The van der Waals surface area contributed by atoms with Gasteiger partial charge in [-0.2, -0.15) is 0 Å². The van der Waals surface area contributed by atoms with Gasteiger partial charge in [0.15, 0.2) is 40.4 Å². The second-order valence-corrected chi connectivity index (χ2v) is 18.2. The van der Waals surface area contributed by atoms with Crippen LogP contribution in [0.15, 0.2) is 181 Å². The summed E-state index contributed by atoms with van der Waals surface area (Å²) in [5, 5.41) is 8.80. The van der Waals surface area contributed by atoms with Crippen LogP contribution >= 0.6 is 34.8 Å². The fourth-order valence-corrected chi connectivity index (χ4v) is 7.68. The van der Waals surface area contributed by atoms with Gasteiger partial charge in [0.1, 0.15) is 40.4 Å². The lowest BCUT2D eigenvalue weighted by molar-refractivity contribution is -0.114. The van der Waals surface area contributed by atoms with Crippen LogP contribution in [-0.4, -0.2) is 42.2 Å². The molecule has 0 fully saturated rings. The topological polar surface area (TPSA) is 175 Å². The van der Waals surface area contributed by atoms with Crippen LogP contribution in [0, 0.1) is 30.2 Å². The van der Waals surface area contributed by atoms with Gasteiger partial charge in [-0.05, 0) is 116 Å². The highest BCUT2D eigenvalue weighted by Gasteiger charge is 2.21. The Morgan fingerprint density at radius 2 is 0.835 bits per heavy atom. The van der Waals surface area contributed by atoms with Crippen LogP contribution in [0.3, 0.4) is 0 Å². The van der Waals surface area contributed by atoms with Crippen LogP contribution < -0.4 is 34.9 Å². The Labute approximate surface area is 464 Å². The maximum atomic E-state index is 13.8. The van der Waals surface area contributed by atoms with Gasteiger partial charge in [-0.15, -0.1) is 0 Å². The molecule has 0 aromatic heterocycles. The number of ketones is 3. The molecule has 13 nitrogen and oxygen atoms in total. The third kappa shape index (κ3) is 16.5. The van der Waals surface area contributed by atoms with Gasteiger partial charge in [-0.25, -0.2) is 17.6 Å². The number of methoxy groups -OCH3 is 1. The van der Waals surface area contributed by atoms with E-state index in [1.54, 1.807) is 67.6 Å². The minimum absolute atomic E-state index is 0.0316. The molecule has 0 heterocycles. The summed E-state index contributed by atoms with van der Waals surface area (Å²) >= 11 is 18.0. The minimum atomic E-state index is -0.908. The first-order chi connectivity index (χ1) is 37.8. The summed E-state index contributed by atoms with van der Waals surface area (Å²) in [5.41, 5.74) is 1.94. The zero-order valence-corrected chi connectivity index (χ0v) is 43.7. The van der Waals surface area contributed by atoms with E-state index in [0.717, 1.165) is 12.1 Å². The maximum Gasteiger partial charge on any atom is 0.259 e. The molecule has 6 aromatic rings. The molecule has 3 aliphatic rings. The van der Waals surface area contributed by atoms with Crippen molar-refractivity contribution in [2.45, 2.75) is 26.2 Å². The number of benzene rings is 6. The molecule has 79 heavy (non-hydrogen) atoms. The van der Waals surface area contributed by atoms with E-state index in [0.29, 0.717) is 51.6 Å². The van der Waals surface area contributed by atoms with E-state index < -0.39 is 41.0 Å². The first-order valence-corrected chi connectivity index (χ1v) is 24.6. The lowest BCUT2D eigenvalue weighted by atomic mass is 10.1. The van der Waals surface area contributed by atoms with E-state index >= 15 is 0 Å². The first kappa shape index (κ1) is 57.7. The van der Waals surface area contributed by atoms with Crippen LogP contribution in [0.4, 0.5) is 17.6 Å². The number of aryl methyl sites for hydroxylation is 1. The Morgan fingerprint density at radius 3 is 1.24 bits per heavy atom. The highest BCUT2D eigenvalue weighted by molar-refractivity contribution is 6.31. The van der Waals surface area contributed by atoms with E-state index in [2.05, 4.69) is 16.0 Å². The van der Waals surface area contributed by atoms with E-state index in [-0.39, 0.29) is 85.7 Å². The van der Waals surface area contributed by atoms with Crippen molar-refractivity contribution in [3.63, 3.8) is 0 Å². The van der Waals surface area contributed by atoms with Crippen molar-refractivity contribution >= 4 is 69.9 Å². The second kappa shape index (κ2) is 26.8. The quantitative estimate of drug-likeness (QED) is 0.0944. The smallest absolute Gasteiger partial charge is 0.259 e. The summed E-state index contributed by atoms with van der Waals surface area (Å²) in [6.45, 7) is 1.65. The van der Waals surface area contributed by atoms with Crippen LogP contribution in [0.5, 0.6) is 40.2 Å². The number of carbonyl (C=O) groups excluding carboxylic acids is 6. The van der Waals surface area contributed by atoms with Gasteiger partial charge >= 0.3 is 0 Å². The van der Waals surface area contributed by atoms with Crippen molar-refractivity contribution in [2.75, 3.05) is 7.11 Å². The molecule has 3 aliphatic carbocycles. The van der Waals surface area contributed by atoms with Gasteiger partial charge in [0.05, 0.1) is 23.8 Å². The Kier molecular flexibility index (Phi) is 19.6. The zero-order valence-electron chi connectivity index (χ0n) is 41.4. The molecule has 3 N–H and O–H groups in total. The summed E-state index contributed by atoms with van der Waals surface area (Å²) in [6.07, 6.45) is 14.8. The molecular weight excluding hydrogens is 1090 g/mol. The highest BCUT2D eigenvalue weighted by Crippen LogP contribution is 2.36. The second-order valence-electron chi connectivity index (χ2n) is 16.9. The number of nitrogens with one attached hydrogen (secondary N) is 3. The fraction of sp³-hybridized carbons (Fsp3) is 0.0847. The summed E-state index contributed by atoms with van der Waals surface area (Å²) in [7, 11) is 1.38. The Morgan fingerprint density at radius 1 is 0.443 bits per heavy atom. The SMILES string of the molecule is COc1cc(F)ccc1Oc1ccc(Cl)cc1C(=O)NC1=CC(=O)CC=C1.Cc1ccc(Oc2ccc(Cl)cc2C(=O)NC2=CC(=O)CC=C2)cc1F.O=C1C=C(NC(=O)c2cc(Cl)ccc2Oc2ccc(F)cc2F)C=CC1. The number of amides is 3. The van der Waals surface area contributed by atoms with Crippen molar-refractivity contribution in [1.29, 1.82) is 0 Å². The molecule has 402 valence electrons. The van der Waals surface area contributed by atoms with Crippen molar-refractivity contribution in [3.8, 4) is 40.2 Å². The Bertz CT molecular complexity index is 3610. The van der Waals surface area contributed by atoms with Gasteiger partial charge in [0.25, 0.3) is 17.7 Å². The summed E-state index contributed by atoms with van der Waals surface area (Å²) < 4.78 is 75.9. The van der Waals surface area contributed by atoms with E-state index in [9.17, 15) is 46.3 Å². The first-order valence-electron chi connectivity index (χ1n) is 23.4. The Hall–Kier alpha value is -9.03. The molecular formula is C59H42Cl3F4N3O10. The van der Waals surface area contributed by atoms with Gasteiger partial charge in [-0.3, -0.25) is 28.8 Å². The third-order valence-electron chi connectivity index (χ3n) is 11.0. The summed E-state index contributed by atoms with van der Waals surface area (Å²) in [6, 6.07) is 24.4. The third-order valence-corrected chi connectivity index (χ3v) is 11.7. The number of halogens is 7. The van der Waals surface area contributed by atoms with Crippen LogP contribution in [0.25, 0.3) is 0 Å². The number of allylic oxidation sites excluding steroid dienone is 9. The number of carbonyl (C=O) groups is 6. The monoisotopic (exact) mass is 1130 g/mol. The molecule has 6 aromatic carbocycles. The molecule has 0 saturated carbocycles. The number of hydrogen-bond donors (Lipinski definition) is 3. The van der Waals surface area contributed by atoms with Crippen molar-refractivity contribution in [2.24, 2.45) is 0 Å². The molecule has 0 saturated heterocycles. The molecule has 0 bridgehead atoms. The van der Waals surface area contributed by atoms with Crippen LogP contribution in [0.2, 0.25) is 15.1 Å². The number of hydrogen-bond acceptors (Lipinski definition) is 10. The van der Waals surface area contributed by atoms with Crippen molar-refractivity contribution in [3.05, 3.63) is 242 Å². The molecule has 0 unspecified atom stereocenters. The van der Waals surface area contributed by atoms with E-state index in [4.69, 9.17) is 53.8 Å². The number of rotatable bonds is 13. The molecule has 9 rings (SSSR count). The molecule has 0 radical (unpaired) electrons. The predicted molar refractivity (Wildman–Crippen MR) is 288 cm³/mol. The van der Waals surface area contributed by atoms with E-state index in [1.165, 1.54) is 92.1 Å². The van der Waals surface area contributed by atoms with Crippen molar-refractivity contribution in [1.82, 2.24) is 16.0 Å². The average Bonchev–Trinajstić information content (AvgIpc) is 3.41. The minimum Gasteiger partial charge on any atom is -0.493 e.